The highest BCUT2D eigenvalue weighted by atomic mass is 35.5. The molecule has 2 N–H and O–H groups in total. The van der Waals surface area contributed by atoms with Gasteiger partial charge in [-0.05, 0) is 81.1 Å². The van der Waals surface area contributed by atoms with Gasteiger partial charge in [-0.15, -0.1) is 4.72 Å². The van der Waals surface area contributed by atoms with Crippen LogP contribution >= 0.6 is 11.6 Å². The molecule has 2 rings (SSSR count). The second-order valence-electron chi connectivity index (χ2n) is 7.93. The van der Waals surface area contributed by atoms with Crippen LogP contribution in [0.5, 0.6) is 0 Å². The molecule has 2 aromatic rings. The van der Waals surface area contributed by atoms with Gasteiger partial charge in [0.2, 0.25) is 0 Å². The van der Waals surface area contributed by atoms with Crippen molar-refractivity contribution in [3.8, 4) is 11.1 Å². The third-order valence-corrected chi connectivity index (χ3v) is 6.29. The normalized spacial score (nSPS) is 14.0. The van der Waals surface area contributed by atoms with Gasteiger partial charge in [0.1, 0.15) is 16.4 Å². The molecule has 0 aliphatic carbocycles. The summed E-state index contributed by atoms with van der Waals surface area (Å²) in [6.45, 7) is 8.62. The average molecular weight is 444 g/mol. The number of carboxylic acids is 1. The minimum Gasteiger partial charge on any atom is -0.598 e. The fourth-order valence-corrected chi connectivity index (χ4v) is 4.12. The maximum atomic E-state index is 14.9. The van der Waals surface area contributed by atoms with Gasteiger partial charge in [0, 0.05) is 16.9 Å². The monoisotopic (exact) mass is 443 g/mol. The number of aryl methyl sites for hydroxylation is 2. The Kier molecular flexibility index (Phi) is 7.32. The summed E-state index contributed by atoms with van der Waals surface area (Å²) in [5, 5.41) is 9.10. The number of benzene rings is 2. The lowest BCUT2D eigenvalue weighted by Crippen LogP contribution is -2.42. The summed E-state index contributed by atoms with van der Waals surface area (Å²) < 4.78 is 43.1. The number of hydrogen-bond donors (Lipinski definition) is 2. The largest absolute Gasteiger partial charge is 0.598 e. The standard InChI is InChI=1S/C21H24ClF2NO3S/c1-11-6-14(23)7-12(2)19(11)13-8-15(20(24)16(22)9-13)17(10-18(26)27)25-29(28)21(3,4)5/h6-9,17,25H,10H2,1-5H3,(H,26,27)/t17?,29-/m1/s1. The number of halogens is 3. The number of carboxylic acid groups (broad SMARTS) is 1. The van der Waals surface area contributed by atoms with Crippen LogP contribution in [0.4, 0.5) is 8.78 Å². The molecule has 0 saturated heterocycles. The Hall–Kier alpha value is -1.67. The first-order valence-corrected chi connectivity index (χ1v) is 10.5. The van der Waals surface area contributed by atoms with Crippen molar-refractivity contribution in [1.29, 1.82) is 0 Å². The lowest BCUT2D eigenvalue weighted by molar-refractivity contribution is -0.137. The molecule has 0 radical (unpaired) electrons. The van der Waals surface area contributed by atoms with Crippen molar-refractivity contribution in [2.75, 3.05) is 0 Å². The Morgan fingerprint density at radius 1 is 1.21 bits per heavy atom. The Morgan fingerprint density at radius 3 is 2.24 bits per heavy atom. The first-order valence-electron chi connectivity index (χ1n) is 8.97. The molecular formula is C21H24ClF2NO3S. The molecule has 0 saturated carbocycles. The SMILES string of the molecule is Cc1cc(F)cc(C)c1-c1cc(Cl)c(F)c(C(CC(=O)O)N[S@+]([O-])C(C)(C)C)c1. The highest BCUT2D eigenvalue weighted by Gasteiger charge is 2.32. The molecule has 0 fully saturated rings. The number of hydrogen-bond acceptors (Lipinski definition) is 3. The molecule has 158 valence electrons. The minimum atomic E-state index is -1.63. The van der Waals surface area contributed by atoms with Gasteiger partial charge in [-0.25, -0.2) is 8.78 Å². The molecule has 4 nitrogen and oxygen atoms in total. The van der Waals surface area contributed by atoms with Crippen LogP contribution in [0.25, 0.3) is 11.1 Å². The van der Waals surface area contributed by atoms with E-state index in [9.17, 15) is 23.2 Å². The average Bonchev–Trinajstić information content (AvgIpc) is 2.54. The molecule has 0 aliphatic heterocycles. The van der Waals surface area contributed by atoms with E-state index in [0.29, 0.717) is 22.3 Å². The molecular weight excluding hydrogens is 420 g/mol. The molecule has 2 aromatic carbocycles. The molecule has 2 atom stereocenters. The van der Waals surface area contributed by atoms with E-state index in [4.69, 9.17) is 11.6 Å². The number of carbonyl (C=O) groups is 1. The lowest BCUT2D eigenvalue weighted by Gasteiger charge is -2.28. The van der Waals surface area contributed by atoms with E-state index in [0.717, 1.165) is 0 Å². The van der Waals surface area contributed by atoms with Crippen molar-refractivity contribution in [3.05, 3.63) is 57.6 Å². The van der Waals surface area contributed by atoms with Crippen LogP contribution in [0.3, 0.4) is 0 Å². The van der Waals surface area contributed by atoms with E-state index in [2.05, 4.69) is 4.72 Å². The van der Waals surface area contributed by atoms with E-state index in [-0.39, 0.29) is 16.4 Å². The molecule has 8 heteroatoms. The van der Waals surface area contributed by atoms with Gasteiger partial charge in [0.15, 0.2) is 0 Å². The molecule has 0 aliphatic rings. The van der Waals surface area contributed by atoms with Crippen LogP contribution in [0.15, 0.2) is 24.3 Å². The maximum Gasteiger partial charge on any atom is 0.305 e. The summed E-state index contributed by atoms with van der Waals surface area (Å²) in [6, 6.07) is 4.56. The van der Waals surface area contributed by atoms with Crippen molar-refractivity contribution in [3.63, 3.8) is 0 Å². The van der Waals surface area contributed by atoms with Crippen molar-refractivity contribution in [2.24, 2.45) is 0 Å². The zero-order valence-corrected chi connectivity index (χ0v) is 18.5. The summed E-state index contributed by atoms with van der Waals surface area (Å²) >= 11 is 4.48. The number of nitrogens with one attached hydrogen (secondary N) is 1. The lowest BCUT2D eigenvalue weighted by atomic mass is 9.92. The van der Waals surface area contributed by atoms with Crippen molar-refractivity contribution < 1.29 is 23.2 Å². The van der Waals surface area contributed by atoms with E-state index >= 15 is 0 Å². The fourth-order valence-electron chi connectivity index (χ4n) is 3.07. The van der Waals surface area contributed by atoms with Gasteiger partial charge >= 0.3 is 5.97 Å². The predicted octanol–water partition coefficient (Wildman–Crippen LogP) is 5.47. The first kappa shape index (κ1) is 23.6. The zero-order chi connectivity index (χ0) is 22.1. The molecule has 0 aromatic heterocycles. The van der Waals surface area contributed by atoms with Crippen LogP contribution in [-0.2, 0) is 16.2 Å². The highest BCUT2D eigenvalue weighted by Crippen LogP contribution is 2.36. The van der Waals surface area contributed by atoms with Crippen LogP contribution in [0, 0.1) is 25.5 Å². The van der Waals surface area contributed by atoms with Gasteiger partial charge in [0.05, 0.1) is 17.5 Å². The third-order valence-electron chi connectivity index (χ3n) is 4.40. The van der Waals surface area contributed by atoms with E-state index in [1.165, 1.54) is 24.3 Å². The summed E-state index contributed by atoms with van der Waals surface area (Å²) in [4.78, 5) is 11.4. The first-order chi connectivity index (χ1) is 13.3. The second-order valence-corrected chi connectivity index (χ2v) is 10.3. The molecule has 0 spiro atoms. The Bertz CT molecular complexity index is 908. The van der Waals surface area contributed by atoms with Crippen molar-refractivity contribution >= 4 is 28.9 Å². The number of rotatable bonds is 6. The Balaban J connectivity index is 2.62. The van der Waals surface area contributed by atoms with Crippen molar-refractivity contribution in [1.82, 2.24) is 4.72 Å². The molecule has 29 heavy (non-hydrogen) atoms. The Labute approximate surface area is 177 Å². The molecule has 0 bridgehead atoms. The van der Waals surface area contributed by atoms with Crippen LogP contribution in [0.2, 0.25) is 5.02 Å². The minimum absolute atomic E-state index is 0.00405. The second kappa shape index (κ2) is 9.00. The molecule has 0 amide bonds. The summed E-state index contributed by atoms with van der Waals surface area (Å²) in [5.41, 5.74) is 2.48. The fraction of sp³-hybridized carbons (Fsp3) is 0.381. The number of aliphatic carboxylic acids is 1. The highest BCUT2D eigenvalue weighted by molar-refractivity contribution is 7.90. The smallest absolute Gasteiger partial charge is 0.305 e. The molecule has 1 unspecified atom stereocenters. The van der Waals surface area contributed by atoms with Gasteiger partial charge in [-0.3, -0.25) is 4.79 Å². The zero-order valence-electron chi connectivity index (χ0n) is 16.9. The van der Waals surface area contributed by atoms with Crippen molar-refractivity contribution in [2.45, 2.75) is 51.8 Å². The quantitative estimate of drug-likeness (QED) is 0.580. The topological polar surface area (TPSA) is 72.4 Å². The van der Waals surface area contributed by atoms with Crippen LogP contribution in [0.1, 0.15) is 49.9 Å². The van der Waals surface area contributed by atoms with E-state index in [1.807, 2.05) is 0 Å². The summed E-state index contributed by atoms with van der Waals surface area (Å²) in [7, 11) is 0. The predicted molar refractivity (Wildman–Crippen MR) is 112 cm³/mol. The summed E-state index contributed by atoms with van der Waals surface area (Å²) in [5.74, 6) is -2.34. The summed E-state index contributed by atoms with van der Waals surface area (Å²) in [6.07, 6.45) is -0.486. The van der Waals surface area contributed by atoms with Crippen LogP contribution in [-0.4, -0.2) is 20.4 Å². The molecule has 0 heterocycles. The van der Waals surface area contributed by atoms with E-state index in [1.54, 1.807) is 34.6 Å². The van der Waals surface area contributed by atoms with Crippen LogP contribution < -0.4 is 4.72 Å². The van der Waals surface area contributed by atoms with Gasteiger partial charge in [-0.2, -0.15) is 0 Å². The van der Waals surface area contributed by atoms with Gasteiger partial charge in [0.25, 0.3) is 0 Å². The van der Waals surface area contributed by atoms with Gasteiger partial charge < -0.3 is 9.66 Å². The maximum absolute atomic E-state index is 14.9. The van der Waals surface area contributed by atoms with E-state index < -0.39 is 40.4 Å². The third kappa shape index (κ3) is 5.69. The van der Waals surface area contributed by atoms with Gasteiger partial charge in [-0.1, -0.05) is 11.6 Å². The Morgan fingerprint density at radius 2 is 1.76 bits per heavy atom.